The number of aromatic nitrogens is 1. The molecule has 0 amide bonds. The number of hydrogen-bond acceptors (Lipinski definition) is 6. The van der Waals surface area contributed by atoms with Gasteiger partial charge < -0.3 is 11.1 Å². The predicted molar refractivity (Wildman–Crippen MR) is 86.6 cm³/mol. The van der Waals surface area contributed by atoms with E-state index >= 15 is 0 Å². The zero-order valence-electron chi connectivity index (χ0n) is 12.8. The van der Waals surface area contributed by atoms with E-state index in [1.807, 2.05) is 50.3 Å². The summed E-state index contributed by atoms with van der Waals surface area (Å²) in [7, 11) is 0. The van der Waals surface area contributed by atoms with Crippen molar-refractivity contribution in [3.8, 4) is 18.2 Å². The Morgan fingerprint density at radius 3 is 2.17 bits per heavy atom. The van der Waals surface area contributed by atoms with E-state index in [-0.39, 0.29) is 29.2 Å². The Morgan fingerprint density at radius 2 is 1.65 bits per heavy atom. The summed E-state index contributed by atoms with van der Waals surface area (Å²) in [5, 5.41) is 30.6. The molecule has 0 aliphatic carbocycles. The minimum absolute atomic E-state index is 0.00336. The summed E-state index contributed by atoms with van der Waals surface area (Å²) >= 11 is 0. The van der Waals surface area contributed by atoms with Gasteiger partial charge in [-0.25, -0.2) is 4.98 Å². The largest absolute Gasteiger partial charge is 0.383 e. The highest BCUT2D eigenvalue weighted by Gasteiger charge is 2.18. The monoisotopic (exact) mass is 302 g/mol. The van der Waals surface area contributed by atoms with Crippen LogP contribution in [0.5, 0.6) is 0 Å². The molecule has 3 N–H and O–H groups in total. The van der Waals surface area contributed by atoms with E-state index in [4.69, 9.17) is 11.0 Å². The maximum Gasteiger partial charge on any atom is 0.151 e. The van der Waals surface area contributed by atoms with Crippen LogP contribution in [0.25, 0.3) is 0 Å². The second-order valence-corrected chi connectivity index (χ2v) is 5.13. The number of aryl methyl sites for hydroxylation is 2. The molecule has 0 aliphatic rings. The molecule has 0 radical (unpaired) electrons. The zero-order chi connectivity index (χ0) is 17.0. The minimum atomic E-state index is -0.0833. The molecule has 0 spiro atoms. The van der Waals surface area contributed by atoms with Gasteiger partial charge in [-0.05, 0) is 37.1 Å². The summed E-state index contributed by atoms with van der Waals surface area (Å²) < 4.78 is 0. The fourth-order valence-electron chi connectivity index (χ4n) is 2.43. The van der Waals surface area contributed by atoms with Crippen molar-refractivity contribution in [1.29, 1.82) is 15.8 Å². The summed E-state index contributed by atoms with van der Waals surface area (Å²) in [5.74, 6) is 0.253. The number of nitriles is 3. The van der Waals surface area contributed by atoms with Gasteiger partial charge in [0.15, 0.2) is 5.82 Å². The van der Waals surface area contributed by atoms with Gasteiger partial charge in [0.25, 0.3) is 0 Å². The van der Waals surface area contributed by atoms with Gasteiger partial charge in [0, 0.05) is 11.3 Å². The summed E-state index contributed by atoms with van der Waals surface area (Å²) in [4.78, 5) is 4.12. The molecule has 1 aromatic heterocycles. The van der Waals surface area contributed by atoms with Crippen LogP contribution >= 0.6 is 0 Å². The molecule has 0 unspecified atom stereocenters. The zero-order valence-corrected chi connectivity index (χ0v) is 12.8. The fraction of sp³-hybridized carbons (Fsp3) is 0.176. The van der Waals surface area contributed by atoms with E-state index in [0.717, 1.165) is 16.8 Å². The highest BCUT2D eigenvalue weighted by molar-refractivity contribution is 5.72. The van der Waals surface area contributed by atoms with Gasteiger partial charge in [0.05, 0.1) is 18.1 Å². The summed E-state index contributed by atoms with van der Waals surface area (Å²) in [5.41, 5.74) is 9.23. The molecule has 0 fully saturated rings. The van der Waals surface area contributed by atoms with Crippen molar-refractivity contribution < 1.29 is 0 Å². The van der Waals surface area contributed by atoms with Crippen LogP contribution in [-0.2, 0) is 6.42 Å². The predicted octanol–water partition coefficient (Wildman–Crippen LogP) is 2.83. The topological polar surface area (TPSA) is 122 Å². The van der Waals surface area contributed by atoms with Crippen molar-refractivity contribution >= 4 is 17.3 Å². The first-order chi connectivity index (χ1) is 11.0. The molecule has 0 saturated heterocycles. The van der Waals surface area contributed by atoms with Crippen LogP contribution in [0.3, 0.4) is 0 Å². The molecule has 23 heavy (non-hydrogen) atoms. The van der Waals surface area contributed by atoms with E-state index in [0.29, 0.717) is 5.56 Å². The van der Waals surface area contributed by atoms with Crippen molar-refractivity contribution in [3.63, 3.8) is 0 Å². The number of nitrogens with zero attached hydrogens (tertiary/aromatic N) is 4. The maximum atomic E-state index is 9.43. The number of nitrogen functional groups attached to an aromatic ring is 1. The molecule has 1 heterocycles. The lowest BCUT2D eigenvalue weighted by Crippen LogP contribution is -2.08. The van der Waals surface area contributed by atoms with Gasteiger partial charge in [0.2, 0.25) is 0 Å². The Kier molecular flexibility index (Phi) is 4.45. The molecule has 0 bridgehead atoms. The highest BCUT2D eigenvalue weighted by Crippen LogP contribution is 2.28. The first-order valence-corrected chi connectivity index (χ1v) is 6.85. The standard InChI is InChI=1S/C17H14N6/c1-10-5-11(2)7-12(6-10)22-17-15(9-20)13(3-4-18)14(8-19)16(21)23-17/h5-7H,3H2,1-2H3,(H3,21,22,23). The van der Waals surface area contributed by atoms with E-state index in [1.165, 1.54) is 0 Å². The van der Waals surface area contributed by atoms with Crippen molar-refractivity contribution in [2.45, 2.75) is 20.3 Å². The number of hydrogen-bond donors (Lipinski definition) is 2. The van der Waals surface area contributed by atoms with Gasteiger partial charge in [-0.1, -0.05) is 6.07 Å². The number of rotatable bonds is 3. The molecular weight excluding hydrogens is 288 g/mol. The number of benzene rings is 1. The van der Waals surface area contributed by atoms with E-state index in [9.17, 15) is 10.5 Å². The summed E-state index contributed by atoms with van der Waals surface area (Å²) in [6.07, 6.45) is -0.0833. The molecular formula is C17H14N6. The molecule has 6 nitrogen and oxygen atoms in total. The van der Waals surface area contributed by atoms with Crippen molar-refractivity contribution in [2.24, 2.45) is 0 Å². The van der Waals surface area contributed by atoms with E-state index in [2.05, 4.69) is 10.3 Å². The third-order valence-corrected chi connectivity index (χ3v) is 3.29. The summed E-state index contributed by atoms with van der Waals surface area (Å²) in [6.45, 7) is 3.93. The molecule has 6 heteroatoms. The number of pyridine rings is 1. The third-order valence-electron chi connectivity index (χ3n) is 3.29. The lowest BCUT2D eigenvalue weighted by Gasteiger charge is -2.13. The Bertz CT molecular complexity index is 873. The van der Waals surface area contributed by atoms with Crippen LogP contribution in [-0.4, -0.2) is 4.98 Å². The molecule has 0 aliphatic heterocycles. The lowest BCUT2D eigenvalue weighted by molar-refractivity contribution is 1.17. The minimum Gasteiger partial charge on any atom is -0.383 e. The van der Waals surface area contributed by atoms with Gasteiger partial charge in [-0.15, -0.1) is 0 Å². The Morgan fingerprint density at radius 1 is 1.04 bits per heavy atom. The Balaban J connectivity index is 2.61. The van der Waals surface area contributed by atoms with Crippen LogP contribution in [0.2, 0.25) is 0 Å². The molecule has 1 aromatic carbocycles. The molecule has 2 aromatic rings. The molecule has 112 valence electrons. The van der Waals surface area contributed by atoms with Crippen LogP contribution in [0.1, 0.15) is 27.8 Å². The number of nitrogens with two attached hydrogens (primary N) is 1. The highest BCUT2D eigenvalue weighted by atomic mass is 15.0. The quantitative estimate of drug-likeness (QED) is 0.898. The number of nitrogens with one attached hydrogen (secondary N) is 1. The third kappa shape index (κ3) is 3.20. The van der Waals surface area contributed by atoms with Crippen LogP contribution in [0, 0.1) is 47.8 Å². The van der Waals surface area contributed by atoms with E-state index in [1.54, 1.807) is 0 Å². The Labute approximate surface area is 134 Å². The van der Waals surface area contributed by atoms with Gasteiger partial charge in [-0.3, -0.25) is 0 Å². The lowest BCUT2D eigenvalue weighted by atomic mass is 10.0. The SMILES string of the molecule is Cc1cc(C)cc(Nc2nc(N)c(C#N)c(CC#N)c2C#N)c1. The van der Waals surface area contributed by atoms with Crippen molar-refractivity contribution in [1.82, 2.24) is 4.98 Å². The van der Waals surface area contributed by atoms with Gasteiger partial charge in [-0.2, -0.15) is 15.8 Å². The van der Waals surface area contributed by atoms with Gasteiger partial charge in [0.1, 0.15) is 23.5 Å². The fourth-order valence-corrected chi connectivity index (χ4v) is 2.43. The maximum absolute atomic E-state index is 9.43. The first kappa shape index (κ1) is 15.8. The molecule has 2 rings (SSSR count). The van der Waals surface area contributed by atoms with Crippen LogP contribution in [0.4, 0.5) is 17.3 Å². The van der Waals surface area contributed by atoms with Gasteiger partial charge >= 0.3 is 0 Å². The average Bonchev–Trinajstić information content (AvgIpc) is 2.47. The Hall–Kier alpha value is -3.56. The smallest absolute Gasteiger partial charge is 0.151 e. The second-order valence-electron chi connectivity index (χ2n) is 5.13. The normalized spacial score (nSPS) is 9.52. The van der Waals surface area contributed by atoms with Crippen LogP contribution < -0.4 is 11.1 Å². The first-order valence-electron chi connectivity index (χ1n) is 6.85. The number of anilines is 3. The van der Waals surface area contributed by atoms with Crippen molar-refractivity contribution in [2.75, 3.05) is 11.1 Å². The molecule has 0 atom stereocenters. The van der Waals surface area contributed by atoms with E-state index < -0.39 is 0 Å². The van der Waals surface area contributed by atoms with Crippen molar-refractivity contribution in [3.05, 3.63) is 46.0 Å². The second kappa shape index (κ2) is 6.47. The summed E-state index contributed by atoms with van der Waals surface area (Å²) in [6, 6.07) is 11.7. The molecule has 0 saturated carbocycles. The van der Waals surface area contributed by atoms with Crippen LogP contribution in [0.15, 0.2) is 18.2 Å². The average molecular weight is 302 g/mol.